The number of anilines is 1. The van der Waals surface area contributed by atoms with E-state index < -0.39 is 5.76 Å². The van der Waals surface area contributed by atoms with E-state index in [1.165, 1.54) is 4.57 Å². The molecule has 1 aliphatic heterocycles. The van der Waals surface area contributed by atoms with Crippen molar-refractivity contribution in [2.45, 2.75) is 20.4 Å². The second-order valence-corrected chi connectivity index (χ2v) is 7.91. The third kappa shape index (κ3) is 3.45. The molecule has 0 aliphatic carbocycles. The number of hydrogen-bond donors (Lipinski definition) is 0. The molecule has 164 valence electrons. The number of nitrogens with zero attached hydrogens (tertiary/aromatic N) is 6. The van der Waals surface area contributed by atoms with Gasteiger partial charge >= 0.3 is 5.76 Å². The molecule has 9 heteroatoms. The van der Waals surface area contributed by atoms with Crippen LogP contribution in [0.1, 0.15) is 11.4 Å². The molecule has 0 spiro atoms. The molecule has 1 saturated heterocycles. The van der Waals surface area contributed by atoms with Gasteiger partial charge in [-0.2, -0.15) is 5.10 Å². The average molecular weight is 432 g/mol. The van der Waals surface area contributed by atoms with E-state index in [0.29, 0.717) is 37.3 Å². The number of oxazole rings is 1. The number of hydrogen-bond acceptors (Lipinski definition) is 6. The van der Waals surface area contributed by atoms with Gasteiger partial charge in [0, 0.05) is 32.4 Å². The summed E-state index contributed by atoms with van der Waals surface area (Å²) in [5, 5.41) is 4.68. The Morgan fingerprint density at radius 2 is 1.78 bits per heavy atom. The molecule has 9 nitrogen and oxygen atoms in total. The van der Waals surface area contributed by atoms with Crippen LogP contribution in [-0.4, -0.2) is 56.3 Å². The first kappa shape index (κ1) is 20.0. The van der Waals surface area contributed by atoms with Crippen molar-refractivity contribution in [3.8, 4) is 5.82 Å². The van der Waals surface area contributed by atoms with E-state index >= 15 is 0 Å². The summed E-state index contributed by atoms with van der Waals surface area (Å²) >= 11 is 0. The fourth-order valence-electron chi connectivity index (χ4n) is 4.37. The maximum atomic E-state index is 12.9. The lowest BCUT2D eigenvalue weighted by Gasteiger charge is -2.36. The Morgan fingerprint density at radius 3 is 2.53 bits per heavy atom. The van der Waals surface area contributed by atoms with Gasteiger partial charge in [-0.3, -0.25) is 9.36 Å². The fraction of sp³-hybridized carbons (Fsp3) is 0.304. The summed E-state index contributed by atoms with van der Waals surface area (Å²) in [6.45, 7) is 6.57. The molecule has 3 aromatic heterocycles. The van der Waals surface area contributed by atoms with Gasteiger partial charge in [-0.25, -0.2) is 14.5 Å². The van der Waals surface area contributed by atoms with Gasteiger partial charge in [0.15, 0.2) is 11.4 Å². The number of benzene rings is 1. The van der Waals surface area contributed by atoms with Crippen LogP contribution in [0.2, 0.25) is 0 Å². The Kier molecular flexibility index (Phi) is 5.01. The van der Waals surface area contributed by atoms with Crippen LogP contribution in [-0.2, 0) is 11.3 Å². The summed E-state index contributed by atoms with van der Waals surface area (Å²) in [5.41, 5.74) is 4.17. The van der Waals surface area contributed by atoms with E-state index in [9.17, 15) is 9.59 Å². The minimum atomic E-state index is -0.508. The Hall–Kier alpha value is -3.88. The van der Waals surface area contributed by atoms with Crippen molar-refractivity contribution in [1.82, 2.24) is 24.2 Å². The monoisotopic (exact) mass is 432 g/mol. The summed E-state index contributed by atoms with van der Waals surface area (Å²) in [6, 6.07) is 12.9. The number of para-hydroxylation sites is 2. The van der Waals surface area contributed by atoms with Gasteiger partial charge in [0.2, 0.25) is 5.91 Å². The molecule has 4 aromatic rings. The third-order valence-corrected chi connectivity index (χ3v) is 5.94. The molecule has 1 fully saturated rings. The maximum absolute atomic E-state index is 12.9. The van der Waals surface area contributed by atoms with Crippen LogP contribution >= 0.6 is 0 Å². The van der Waals surface area contributed by atoms with Crippen molar-refractivity contribution in [1.29, 1.82) is 0 Å². The first-order valence-electron chi connectivity index (χ1n) is 10.6. The van der Waals surface area contributed by atoms with Crippen LogP contribution in [0, 0.1) is 13.8 Å². The smallest absolute Gasteiger partial charge is 0.408 e. The molecular weight excluding hydrogens is 408 g/mol. The van der Waals surface area contributed by atoms with Crippen LogP contribution in [0.4, 0.5) is 5.69 Å². The summed E-state index contributed by atoms with van der Waals surface area (Å²) in [7, 11) is 0. The zero-order valence-electron chi connectivity index (χ0n) is 18.1. The lowest BCUT2D eigenvalue weighted by molar-refractivity contribution is -0.132. The number of amides is 1. The molecule has 32 heavy (non-hydrogen) atoms. The van der Waals surface area contributed by atoms with Crippen molar-refractivity contribution in [2.75, 3.05) is 31.1 Å². The molecule has 0 N–H and O–H groups in total. The molecule has 1 aromatic carbocycles. The highest BCUT2D eigenvalue weighted by atomic mass is 16.4. The van der Waals surface area contributed by atoms with Crippen LogP contribution < -0.4 is 10.7 Å². The van der Waals surface area contributed by atoms with Gasteiger partial charge in [-0.15, -0.1) is 0 Å². The molecule has 0 saturated carbocycles. The molecule has 0 radical (unpaired) electrons. The van der Waals surface area contributed by atoms with Crippen molar-refractivity contribution < 1.29 is 9.21 Å². The van der Waals surface area contributed by atoms with Gasteiger partial charge in [0.25, 0.3) is 0 Å². The van der Waals surface area contributed by atoms with Crippen molar-refractivity contribution >= 4 is 22.7 Å². The van der Waals surface area contributed by atoms with Crippen molar-refractivity contribution in [3.63, 3.8) is 0 Å². The molecule has 0 unspecified atom stereocenters. The molecule has 5 rings (SSSR count). The molecule has 0 bridgehead atoms. The molecular formula is C23H24N6O3. The normalized spacial score (nSPS) is 14.3. The number of aryl methyl sites for hydroxylation is 1. The zero-order valence-corrected chi connectivity index (χ0v) is 18.1. The Labute approximate surface area is 184 Å². The van der Waals surface area contributed by atoms with Crippen molar-refractivity contribution in [3.05, 3.63) is 70.6 Å². The number of piperazine rings is 1. The quantitative estimate of drug-likeness (QED) is 0.491. The first-order valence-corrected chi connectivity index (χ1v) is 10.6. The summed E-state index contributed by atoms with van der Waals surface area (Å²) < 4.78 is 8.50. The van der Waals surface area contributed by atoms with Gasteiger partial charge in [0.1, 0.15) is 6.54 Å². The largest absolute Gasteiger partial charge is 0.420 e. The minimum absolute atomic E-state index is 0.0223. The van der Waals surface area contributed by atoms with Crippen LogP contribution in [0.25, 0.3) is 16.9 Å². The maximum Gasteiger partial charge on any atom is 0.420 e. The predicted molar refractivity (Wildman–Crippen MR) is 120 cm³/mol. The summed E-state index contributed by atoms with van der Waals surface area (Å²) in [6.07, 6.45) is 1.75. The van der Waals surface area contributed by atoms with Gasteiger partial charge in [-0.05, 0) is 38.1 Å². The second kappa shape index (κ2) is 7.99. The van der Waals surface area contributed by atoms with E-state index in [-0.39, 0.29) is 12.5 Å². The number of pyridine rings is 1. The summed E-state index contributed by atoms with van der Waals surface area (Å²) in [4.78, 5) is 33.6. The third-order valence-electron chi connectivity index (χ3n) is 5.94. The van der Waals surface area contributed by atoms with Gasteiger partial charge < -0.3 is 14.2 Å². The second-order valence-electron chi connectivity index (χ2n) is 7.91. The van der Waals surface area contributed by atoms with Crippen LogP contribution in [0.15, 0.2) is 57.9 Å². The Balaban J connectivity index is 1.29. The number of carbonyl (C=O) groups excluding carboxylic acids is 1. The fourth-order valence-corrected chi connectivity index (χ4v) is 4.37. The highest BCUT2D eigenvalue weighted by Crippen LogP contribution is 2.27. The number of rotatable bonds is 4. The van der Waals surface area contributed by atoms with E-state index in [1.807, 2.05) is 42.8 Å². The van der Waals surface area contributed by atoms with Gasteiger partial charge in [-0.1, -0.05) is 18.2 Å². The zero-order chi connectivity index (χ0) is 22.2. The van der Waals surface area contributed by atoms with E-state index in [2.05, 4.69) is 15.0 Å². The standard InChI is InChI=1S/C23H24N6O3/c1-16-22(17(2)29(25-16)20-9-5-6-10-24-20)27-13-11-26(12-14-27)21(30)15-28-18-7-3-4-8-19(18)32-23(28)31/h3-10H,11-15H2,1-2H3. The molecule has 4 heterocycles. The van der Waals surface area contributed by atoms with E-state index in [4.69, 9.17) is 4.42 Å². The van der Waals surface area contributed by atoms with Crippen LogP contribution in [0.3, 0.4) is 0 Å². The Bertz CT molecular complexity index is 1330. The number of aromatic nitrogens is 4. The number of carbonyl (C=O) groups is 1. The highest BCUT2D eigenvalue weighted by Gasteiger charge is 2.26. The van der Waals surface area contributed by atoms with Gasteiger partial charge in [0.05, 0.1) is 22.6 Å². The highest BCUT2D eigenvalue weighted by molar-refractivity contribution is 5.80. The molecule has 0 atom stereocenters. The number of fused-ring (bicyclic) bond motifs is 1. The lowest BCUT2D eigenvalue weighted by atomic mass is 10.2. The van der Waals surface area contributed by atoms with E-state index in [0.717, 1.165) is 22.9 Å². The lowest BCUT2D eigenvalue weighted by Crippen LogP contribution is -2.50. The molecule has 1 amide bonds. The first-order chi connectivity index (χ1) is 15.5. The topological polar surface area (TPSA) is 89.4 Å². The molecule has 1 aliphatic rings. The van der Waals surface area contributed by atoms with E-state index in [1.54, 1.807) is 29.3 Å². The van der Waals surface area contributed by atoms with Crippen LogP contribution in [0.5, 0.6) is 0 Å². The Morgan fingerprint density at radius 1 is 1.03 bits per heavy atom. The minimum Gasteiger partial charge on any atom is -0.408 e. The predicted octanol–water partition coefficient (Wildman–Crippen LogP) is 2.14. The average Bonchev–Trinajstić information content (AvgIpc) is 3.29. The van der Waals surface area contributed by atoms with Crippen molar-refractivity contribution in [2.24, 2.45) is 0 Å². The summed E-state index contributed by atoms with van der Waals surface area (Å²) in [5.74, 6) is 0.188. The SMILES string of the molecule is Cc1nn(-c2ccccn2)c(C)c1N1CCN(C(=O)Cn2c(=O)oc3ccccc32)CC1.